The Morgan fingerprint density at radius 1 is 1.23 bits per heavy atom. The van der Waals surface area contributed by atoms with Gasteiger partial charge in [-0.3, -0.25) is 9.59 Å². The summed E-state index contributed by atoms with van der Waals surface area (Å²) in [6, 6.07) is 7.52. The second-order valence-corrected chi connectivity index (χ2v) is 6.52. The molecular weight excluding hydrogens is 356 g/mol. The van der Waals surface area contributed by atoms with Crippen LogP contribution in [0.1, 0.15) is 12.0 Å². The topological polar surface area (TPSA) is 78.5 Å². The SMILES string of the molecule is COc1ccc(CC(=O)N2CCCN(c3cn[nH]c(=O)c3Cl)CC2)cc1. The van der Waals surface area contributed by atoms with Gasteiger partial charge >= 0.3 is 0 Å². The van der Waals surface area contributed by atoms with Crippen molar-refractivity contribution in [2.75, 3.05) is 38.2 Å². The molecule has 7 nitrogen and oxygen atoms in total. The Kier molecular flexibility index (Phi) is 5.78. The number of halogens is 1. The van der Waals surface area contributed by atoms with Crippen LogP contribution in [0.4, 0.5) is 5.69 Å². The molecule has 1 saturated heterocycles. The summed E-state index contributed by atoms with van der Waals surface area (Å²) < 4.78 is 5.14. The number of carbonyl (C=O) groups is 1. The van der Waals surface area contributed by atoms with Gasteiger partial charge in [0.1, 0.15) is 10.8 Å². The minimum atomic E-state index is -0.402. The van der Waals surface area contributed by atoms with Crippen LogP contribution in [0, 0.1) is 0 Å². The molecule has 8 heteroatoms. The minimum absolute atomic E-state index is 0.0900. The van der Waals surface area contributed by atoms with E-state index in [0.717, 1.165) is 24.3 Å². The second kappa shape index (κ2) is 8.23. The third-order valence-electron chi connectivity index (χ3n) is 4.48. The number of nitrogens with zero attached hydrogens (tertiary/aromatic N) is 3. The Bertz CT molecular complexity index is 822. The van der Waals surface area contributed by atoms with E-state index >= 15 is 0 Å². The Labute approximate surface area is 156 Å². The van der Waals surface area contributed by atoms with Crippen LogP contribution in [0.2, 0.25) is 5.02 Å². The molecular formula is C18H21ClN4O3. The molecule has 1 amide bonds. The van der Waals surface area contributed by atoms with Gasteiger partial charge in [0.15, 0.2) is 0 Å². The lowest BCUT2D eigenvalue weighted by Gasteiger charge is -2.24. The summed E-state index contributed by atoms with van der Waals surface area (Å²) in [7, 11) is 1.62. The molecule has 1 N–H and O–H groups in total. The lowest BCUT2D eigenvalue weighted by atomic mass is 10.1. The highest BCUT2D eigenvalue weighted by Crippen LogP contribution is 2.22. The van der Waals surface area contributed by atoms with Crippen LogP contribution in [-0.2, 0) is 11.2 Å². The lowest BCUT2D eigenvalue weighted by Crippen LogP contribution is -2.36. The van der Waals surface area contributed by atoms with Gasteiger partial charge in [-0.15, -0.1) is 0 Å². The van der Waals surface area contributed by atoms with E-state index in [2.05, 4.69) is 10.2 Å². The highest BCUT2D eigenvalue weighted by Gasteiger charge is 2.21. The number of benzene rings is 1. The molecule has 1 aromatic heterocycles. The third kappa shape index (κ3) is 4.16. The molecule has 26 heavy (non-hydrogen) atoms. The van der Waals surface area contributed by atoms with Crippen molar-refractivity contribution in [3.8, 4) is 5.75 Å². The summed E-state index contributed by atoms with van der Waals surface area (Å²) in [5.74, 6) is 0.863. The maximum Gasteiger partial charge on any atom is 0.285 e. The fourth-order valence-corrected chi connectivity index (χ4v) is 3.24. The van der Waals surface area contributed by atoms with Crippen molar-refractivity contribution in [3.05, 3.63) is 51.4 Å². The molecule has 0 atom stereocenters. The number of hydrogen-bond acceptors (Lipinski definition) is 5. The van der Waals surface area contributed by atoms with Gasteiger partial charge in [-0.1, -0.05) is 23.7 Å². The number of H-pyrrole nitrogens is 1. The van der Waals surface area contributed by atoms with Gasteiger partial charge in [0.25, 0.3) is 5.56 Å². The van der Waals surface area contributed by atoms with E-state index in [4.69, 9.17) is 16.3 Å². The molecule has 2 aromatic rings. The first-order valence-electron chi connectivity index (χ1n) is 8.47. The lowest BCUT2D eigenvalue weighted by molar-refractivity contribution is -0.130. The predicted molar refractivity (Wildman–Crippen MR) is 100.0 cm³/mol. The monoisotopic (exact) mass is 376 g/mol. The fraction of sp³-hybridized carbons (Fsp3) is 0.389. The number of aromatic nitrogens is 2. The van der Waals surface area contributed by atoms with Crippen molar-refractivity contribution in [1.82, 2.24) is 15.1 Å². The van der Waals surface area contributed by atoms with Crippen LogP contribution in [0.3, 0.4) is 0 Å². The highest BCUT2D eigenvalue weighted by molar-refractivity contribution is 6.33. The van der Waals surface area contributed by atoms with Gasteiger partial charge in [-0.25, -0.2) is 5.10 Å². The quantitative estimate of drug-likeness (QED) is 0.878. The van der Waals surface area contributed by atoms with Crippen LogP contribution in [0.5, 0.6) is 5.75 Å². The molecule has 1 aliphatic heterocycles. The number of anilines is 1. The average Bonchev–Trinajstić information content (AvgIpc) is 2.91. The zero-order valence-corrected chi connectivity index (χ0v) is 15.3. The molecule has 2 heterocycles. The zero-order valence-electron chi connectivity index (χ0n) is 14.6. The summed E-state index contributed by atoms with van der Waals surface area (Å²) in [6.45, 7) is 2.59. The van der Waals surface area contributed by atoms with E-state index in [-0.39, 0.29) is 10.9 Å². The molecule has 0 unspecified atom stereocenters. The molecule has 0 aliphatic carbocycles. The van der Waals surface area contributed by atoms with E-state index in [9.17, 15) is 9.59 Å². The summed E-state index contributed by atoms with van der Waals surface area (Å²) in [6.07, 6.45) is 2.72. The van der Waals surface area contributed by atoms with Gasteiger partial charge in [-0.05, 0) is 24.1 Å². The molecule has 0 bridgehead atoms. The molecule has 138 valence electrons. The van der Waals surface area contributed by atoms with Crippen molar-refractivity contribution >= 4 is 23.2 Å². The number of ether oxygens (including phenoxy) is 1. The first kappa shape index (κ1) is 18.3. The minimum Gasteiger partial charge on any atom is -0.497 e. The Morgan fingerprint density at radius 2 is 2.00 bits per heavy atom. The predicted octanol–water partition coefficient (Wildman–Crippen LogP) is 1.71. The summed E-state index contributed by atoms with van der Waals surface area (Å²) >= 11 is 6.09. The highest BCUT2D eigenvalue weighted by atomic mass is 35.5. The van der Waals surface area contributed by atoms with Crippen molar-refractivity contribution in [1.29, 1.82) is 0 Å². The molecule has 1 fully saturated rings. The van der Waals surface area contributed by atoms with Crippen LogP contribution >= 0.6 is 11.6 Å². The van der Waals surface area contributed by atoms with Crippen molar-refractivity contribution in [2.24, 2.45) is 0 Å². The van der Waals surface area contributed by atoms with Gasteiger partial charge in [0, 0.05) is 26.2 Å². The molecule has 1 aliphatic rings. The molecule has 0 spiro atoms. The number of hydrogen-bond donors (Lipinski definition) is 1. The molecule has 0 radical (unpaired) electrons. The van der Waals surface area contributed by atoms with Crippen LogP contribution < -0.4 is 15.2 Å². The van der Waals surface area contributed by atoms with Gasteiger partial charge in [0.2, 0.25) is 5.91 Å². The first-order valence-corrected chi connectivity index (χ1v) is 8.85. The number of methoxy groups -OCH3 is 1. The second-order valence-electron chi connectivity index (χ2n) is 6.14. The normalized spacial score (nSPS) is 14.8. The smallest absolute Gasteiger partial charge is 0.285 e. The average molecular weight is 377 g/mol. The summed E-state index contributed by atoms with van der Waals surface area (Å²) in [5.41, 5.74) is 1.17. The number of amides is 1. The maximum absolute atomic E-state index is 12.6. The Morgan fingerprint density at radius 3 is 2.73 bits per heavy atom. The van der Waals surface area contributed by atoms with Crippen LogP contribution in [0.15, 0.2) is 35.3 Å². The number of rotatable bonds is 4. The van der Waals surface area contributed by atoms with Crippen molar-refractivity contribution in [2.45, 2.75) is 12.8 Å². The number of carbonyl (C=O) groups excluding carboxylic acids is 1. The molecule has 3 rings (SSSR count). The van der Waals surface area contributed by atoms with E-state index in [1.807, 2.05) is 34.1 Å². The van der Waals surface area contributed by atoms with Crippen molar-refractivity contribution < 1.29 is 9.53 Å². The third-order valence-corrected chi connectivity index (χ3v) is 4.85. The fourth-order valence-electron chi connectivity index (χ4n) is 3.03. The Balaban J connectivity index is 1.63. The maximum atomic E-state index is 12.6. The van der Waals surface area contributed by atoms with E-state index in [1.54, 1.807) is 13.3 Å². The van der Waals surface area contributed by atoms with Crippen LogP contribution in [-0.4, -0.2) is 54.3 Å². The molecule has 1 aromatic carbocycles. The summed E-state index contributed by atoms with van der Waals surface area (Å²) in [5, 5.41) is 6.28. The van der Waals surface area contributed by atoms with Gasteiger partial charge < -0.3 is 14.5 Å². The summed E-state index contributed by atoms with van der Waals surface area (Å²) in [4.78, 5) is 28.1. The number of aromatic amines is 1. The van der Waals surface area contributed by atoms with E-state index in [0.29, 0.717) is 31.7 Å². The standard InChI is InChI=1S/C18H21ClN4O3/c1-26-14-5-3-13(4-6-14)11-16(24)23-8-2-7-22(9-10-23)15-12-20-21-18(25)17(15)19/h3-6,12H,2,7-11H2,1H3,(H,21,25). The Hall–Kier alpha value is -2.54. The van der Waals surface area contributed by atoms with Gasteiger partial charge in [-0.2, -0.15) is 5.10 Å². The number of nitrogens with one attached hydrogen (secondary N) is 1. The zero-order chi connectivity index (χ0) is 18.5. The molecule has 0 saturated carbocycles. The van der Waals surface area contributed by atoms with Crippen LogP contribution in [0.25, 0.3) is 0 Å². The largest absolute Gasteiger partial charge is 0.497 e. The van der Waals surface area contributed by atoms with E-state index < -0.39 is 5.56 Å². The van der Waals surface area contributed by atoms with Crippen molar-refractivity contribution in [3.63, 3.8) is 0 Å². The van der Waals surface area contributed by atoms with Gasteiger partial charge in [0.05, 0.1) is 25.4 Å². The van der Waals surface area contributed by atoms with E-state index in [1.165, 1.54) is 0 Å². The first-order chi connectivity index (χ1) is 12.6.